The number of anilines is 1. The second-order valence-electron chi connectivity index (χ2n) is 8.99. The van der Waals surface area contributed by atoms with Gasteiger partial charge in [-0.3, -0.25) is 10.1 Å². The number of carbonyl (C=O) groups excluding carboxylic acids is 2. The minimum Gasteiger partial charge on any atom is -0.449 e. The monoisotopic (exact) mass is 522 g/mol. The first-order valence-corrected chi connectivity index (χ1v) is 13.2. The van der Waals surface area contributed by atoms with Crippen molar-refractivity contribution in [2.75, 3.05) is 5.32 Å². The normalized spacial score (nSPS) is 11.8. The Morgan fingerprint density at radius 3 is 2.03 bits per heavy atom. The first kappa shape index (κ1) is 25.2. The molecule has 1 N–H and O–H groups in total. The van der Waals surface area contributed by atoms with Crippen LogP contribution in [0.3, 0.4) is 0 Å². The van der Waals surface area contributed by atoms with Gasteiger partial charge in [0.05, 0.1) is 28.0 Å². The summed E-state index contributed by atoms with van der Waals surface area (Å²) >= 11 is 1.30. The van der Waals surface area contributed by atoms with E-state index in [-0.39, 0.29) is 0 Å². The molecule has 190 valence electrons. The van der Waals surface area contributed by atoms with Crippen LogP contribution in [0.15, 0.2) is 78.3 Å². The average molecular weight is 523 g/mol. The van der Waals surface area contributed by atoms with Crippen molar-refractivity contribution in [2.45, 2.75) is 33.3 Å². The molecule has 8 heteroatoms. The molecule has 7 nitrogen and oxygen atoms in total. The Morgan fingerprint density at radius 2 is 1.47 bits per heavy atom. The zero-order chi connectivity index (χ0) is 26.6. The molecule has 2 aromatic heterocycles. The maximum atomic E-state index is 13.0. The fourth-order valence-corrected chi connectivity index (χ4v) is 4.53. The maximum absolute atomic E-state index is 13.0. The molecule has 38 heavy (non-hydrogen) atoms. The quantitative estimate of drug-likeness (QED) is 0.242. The number of hydrogen-bond donors (Lipinski definition) is 1. The van der Waals surface area contributed by atoms with Gasteiger partial charge in [0.1, 0.15) is 0 Å². The summed E-state index contributed by atoms with van der Waals surface area (Å²) in [7, 11) is 0. The van der Waals surface area contributed by atoms with E-state index in [9.17, 15) is 9.59 Å². The molecule has 0 aliphatic heterocycles. The zero-order valence-electron chi connectivity index (χ0n) is 21.3. The van der Waals surface area contributed by atoms with E-state index in [1.54, 1.807) is 36.7 Å². The van der Waals surface area contributed by atoms with E-state index in [0.29, 0.717) is 28.1 Å². The molecular weight excluding hydrogens is 496 g/mol. The fourth-order valence-electron chi connectivity index (χ4n) is 4.00. The Balaban J connectivity index is 1.49. The predicted molar refractivity (Wildman–Crippen MR) is 150 cm³/mol. The number of aromatic nitrogens is 3. The lowest BCUT2D eigenvalue weighted by Crippen LogP contribution is -2.32. The van der Waals surface area contributed by atoms with E-state index in [1.165, 1.54) is 11.3 Å². The van der Waals surface area contributed by atoms with Crippen molar-refractivity contribution in [3.05, 3.63) is 95.0 Å². The van der Waals surface area contributed by atoms with Crippen molar-refractivity contribution in [1.29, 1.82) is 0 Å². The van der Waals surface area contributed by atoms with Gasteiger partial charge in [0, 0.05) is 22.7 Å². The number of carbonyl (C=O) groups is 2. The SMILES string of the molecule is CCC(OC(=O)c1ccc2nc(-c3ccc(C)cc3)c(-c3ccc(C)cc3)nc2c1)C(=O)Nc1nccs1. The molecule has 0 bridgehead atoms. The van der Waals surface area contributed by atoms with Crippen LogP contribution in [0.2, 0.25) is 0 Å². The summed E-state index contributed by atoms with van der Waals surface area (Å²) in [5.41, 5.74) is 7.20. The summed E-state index contributed by atoms with van der Waals surface area (Å²) < 4.78 is 5.56. The van der Waals surface area contributed by atoms with Crippen molar-refractivity contribution in [1.82, 2.24) is 15.0 Å². The number of amides is 1. The molecule has 0 fully saturated rings. The average Bonchev–Trinajstić information content (AvgIpc) is 3.44. The van der Waals surface area contributed by atoms with Crippen LogP contribution in [0, 0.1) is 13.8 Å². The number of ether oxygens (including phenoxy) is 1. The Hall–Kier alpha value is -4.43. The number of hydrogen-bond acceptors (Lipinski definition) is 7. The number of esters is 1. The van der Waals surface area contributed by atoms with Crippen molar-refractivity contribution >= 4 is 39.4 Å². The molecule has 2 heterocycles. The van der Waals surface area contributed by atoms with Crippen LogP contribution in [-0.4, -0.2) is 32.9 Å². The predicted octanol–water partition coefficient (Wildman–Crippen LogP) is 6.61. The molecular formula is C30H26N4O3S. The van der Waals surface area contributed by atoms with Crippen molar-refractivity contribution in [3.63, 3.8) is 0 Å². The minimum atomic E-state index is -0.944. The number of nitrogens with zero attached hydrogens (tertiary/aromatic N) is 3. The molecule has 5 rings (SSSR count). The van der Waals surface area contributed by atoms with Crippen molar-refractivity contribution in [2.24, 2.45) is 0 Å². The van der Waals surface area contributed by atoms with Gasteiger partial charge in [-0.2, -0.15) is 0 Å². The van der Waals surface area contributed by atoms with Crippen LogP contribution in [0.5, 0.6) is 0 Å². The van der Waals surface area contributed by atoms with Gasteiger partial charge >= 0.3 is 5.97 Å². The third-order valence-electron chi connectivity index (χ3n) is 6.12. The number of nitrogens with one attached hydrogen (secondary N) is 1. The summed E-state index contributed by atoms with van der Waals surface area (Å²) in [6.45, 7) is 5.87. The minimum absolute atomic E-state index is 0.297. The van der Waals surface area contributed by atoms with Gasteiger partial charge in [0.15, 0.2) is 11.2 Å². The highest BCUT2D eigenvalue weighted by Gasteiger charge is 2.23. The second kappa shape index (κ2) is 10.9. The molecule has 0 saturated heterocycles. The Morgan fingerprint density at radius 1 is 0.868 bits per heavy atom. The van der Waals surface area contributed by atoms with Gasteiger partial charge in [0.25, 0.3) is 5.91 Å². The standard InChI is InChI=1S/C30H26N4O3S/c1-4-25(28(35)34-30-31-15-16-38-30)37-29(36)22-13-14-23-24(17-22)33-27(21-11-7-19(3)8-12-21)26(32-23)20-9-5-18(2)6-10-20/h5-17,25H,4H2,1-3H3,(H,31,34,35). The largest absolute Gasteiger partial charge is 0.449 e. The zero-order valence-corrected chi connectivity index (χ0v) is 22.1. The number of fused-ring (bicyclic) bond motifs is 1. The highest BCUT2D eigenvalue weighted by Crippen LogP contribution is 2.31. The third kappa shape index (κ3) is 5.45. The molecule has 0 saturated carbocycles. The van der Waals surface area contributed by atoms with Gasteiger partial charge in [-0.25, -0.2) is 19.7 Å². The van der Waals surface area contributed by atoms with E-state index < -0.39 is 18.0 Å². The number of aryl methyl sites for hydroxylation is 2. The Bertz CT molecular complexity index is 1600. The molecule has 1 atom stereocenters. The van der Waals surface area contributed by atoms with Crippen LogP contribution in [-0.2, 0) is 9.53 Å². The molecule has 0 aliphatic rings. The molecule has 0 spiro atoms. The highest BCUT2D eigenvalue weighted by atomic mass is 32.1. The molecule has 0 radical (unpaired) electrons. The lowest BCUT2D eigenvalue weighted by Gasteiger charge is -2.15. The third-order valence-corrected chi connectivity index (χ3v) is 6.81. The Kier molecular flexibility index (Phi) is 7.24. The lowest BCUT2D eigenvalue weighted by molar-refractivity contribution is -0.124. The number of benzene rings is 3. The number of thiazole rings is 1. The van der Waals surface area contributed by atoms with Crippen molar-refractivity contribution in [3.8, 4) is 22.5 Å². The highest BCUT2D eigenvalue weighted by molar-refractivity contribution is 7.13. The van der Waals surface area contributed by atoms with Gasteiger partial charge in [0.2, 0.25) is 0 Å². The van der Waals surface area contributed by atoms with Crippen LogP contribution in [0.1, 0.15) is 34.8 Å². The molecule has 0 aliphatic carbocycles. The fraction of sp³-hybridized carbons (Fsp3) is 0.167. The van der Waals surface area contributed by atoms with Crippen LogP contribution >= 0.6 is 11.3 Å². The van der Waals surface area contributed by atoms with Gasteiger partial charge in [-0.15, -0.1) is 11.3 Å². The summed E-state index contributed by atoms with van der Waals surface area (Å²) in [6, 6.07) is 21.4. The van der Waals surface area contributed by atoms with Crippen LogP contribution < -0.4 is 5.32 Å². The summed E-state index contributed by atoms with van der Waals surface area (Å²) in [5.74, 6) is -1.02. The van der Waals surface area contributed by atoms with Crippen molar-refractivity contribution < 1.29 is 14.3 Å². The smallest absolute Gasteiger partial charge is 0.338 e. The summed E-state index contributed by atoms with van der Waals surface area (Å²) in [5, 5.41) is 4.90. The van der Waals surface area contributed by atoms with Crippen LogP contribution in [0.25, 0.3) is 33.5 Å². The van der Waals surface area contributed by atoms with E-state index >= 15 is 0 Å². The first-order valence-electron chi connectivity index (χ1n) is 12.3. The van der Waals surface area contributed by atoms with Gasteiger partial charge in [-0.05, 0) is 38.5 Å². The summed E-state index contributed by atoms with van der Waals surface area (Å²) in [4.78, 5) is 39.5. The summed E-state index contributed by atoms with van der Waals surface area (Å²) in [6.07, 6.45) is 0.979. The van der Waals surface area contributed by atoms with E-state index in [2.05, 4.69) is 10.3 Å². The van der Waals surface area contributed by atoms with E-state index in [1.807, 2.05) is 62.4 Å². The van der Waals surface area contributed by atoms with E-state index in [4.69, 9.17) is 14.7 Å². The molecule has 1 unspecified atom stereocenters. The molecule has 5 aromatic rings. The second-order valence-corrected chi connectivity index (χ2v) is 9.88. The first-order chi connectivity index (χ1) is 18.4. The molecule has 1 amide bonds. The topological polar surface area (TPSA) is 94.1 Å². The van der Waals surface area contributed by atoms with Gasteiger partial charge in [-0.1, -0.05) is 66.6 Å². The molecule has 3 aromatic carbocycles. The lowest BCUT2D eigenvalue weighted by atomic mass is 10.0. The maximum Gasteiger partial charge on any atom is 0.338 e. The van der Waals surface area contributed by atoms with Crippen LogP contribution in [0.4, 0.5) is 5.13 Å². The number of rotatable bonds is 7. The van der Waals surface area contributed by atoms with Gasteiger partial charge < -0.3 is 4.74 Å². The van der Waals surface area contributed by atoms with E-state index in [0.717, 1.165) is 33.6 Å². The Labute approximate surface area is 224 Å².